The molecule has 0 aliphatic rings. The molecule has 6 heteroatoms. The van der Waals surface area contributed by atoms with Crippen LogP contribution in [0.2, 0.25) is 0 Å². The van der Waals surface area contributed by atoms with Crippen LogP contribution in [-0.2, 0) is 6.54 Å². The number of nitrogens with zero attached hydrogens (tertiary/aromatic N) is 1. The smallest absolute Gasteiger partial charge is 0.418 e. The van der Waals surface area contributed by atoms with Gasteiger partial charge in [-0.25, -0.2) is 0 Å². The molecule has 0 spiro atoms. The largest absolute Gasteiger partial charge is 0.673 e. The molecule has 0 aliphatic heterocycles. The van der Waals surface area contributed by atoms with Crippen LogP contribution in [-0.4, -0.2) is 7.25 Å². The molecule has 39 heavy (non-hydrogen) atoms. The number of hydrogen-bond donors (Lipinski definition) is 0. The SMILES string of the molecule is Cc1cccc(/C=C/C[n+]2c(-c3ccccc3)cc(-c3ccccc3)cc2-c2ccccc2)c1.F[B-](F)(F)F. The minimum absolute atomic E-state index is 0.775. The lowest BCUT2D eigenvalue weighted by Gasteiger charge is -2.12. The van der Waals surface area contributed by atoms with E-state index < -0.39 is 7.25 Å². The minimum atomic E-state index is -6.00. The Morgan fingerprint density at radius 1 is 0.564 bits per heavy atom. The van der Waals surface area contributed by atoms with Crippen molar-refractivity contribution in [1.82, 2.24) is 0 Å². The standard InChI is InChI=1S/C33H28N.BF4/c1-26-13-11-14-27(23-26)15-12-22-34-32(29-18-7-3-8-19-29)24-31(28-16-5-2-6-17-28)25-33(34)30-20-9-4-10-21-30;2-1(3,4)5/h2-21,23-25H,22H2,1H3;/q+1;-1/b15-12+;. The van der Waals surface area contributed by atoms with Crippen LogP contribution in [0, 0.1) is 6.92 Å². The fraction of sp³-hybridized carbons (Fsp3) is 0.0606. The quantitative estimate of drug-likeness (QED) is 0.118. The van der Waals surface area contributed by atoms with Gasteiger partial charge in [-0.2, -0.15) is 4.57 Å². The summed E-state index contributed by atoms with van der Waals surface area (Å²) in [6.07, 6.45) is 4.48. The van der Waals surface area contributed by atoms with Crippen molar-refractivity contribution < 1.29 is 21.8 Å². The number of aryl methyl sites for hydroxylation is 1. The van der Waals surface area contributed by atoms with Crippen LogP contribution in [0.25, 0.3) is 39.7 Å². The van der Waals surface area contributed by atoms with Crippen LogP contribution in [0.5, 0.6) is 0 Å². The Morgan fingerprint density at radius 2 is 1.03 bits per heavy atom. The highest BCUT2D eigenvalue weighted by Crippen LogP contribution is 2.29. The molecule has 1 heterocycles. The van der Waals surface area contributed by atoms with Crippen molar-refractivity contribution in [2.24, 2.45) is 0 Å². The van der Waals surface area contributed by atoms with Gasteiger partial charge in [0.05, 0.1) is 0 Å². The van der Waals surface area contributed by atoms with E-state index in [0.29, 0.717) is 0 Å². The Morgan fingerprint density at radius 3 is 1.49 bits per heavy atom. The van der Waals surface area contributed by atoms with E-state index >= 15 is 0 Å². The maximum atomic E-state index is 9.75. The number of rotatable bonds is 6. The summed E-state index contributed by atoms with van der Waals surface area (Å²) in [5, 5.41) is 0. The second-order valence-corrected chi connectivity index (χ2v) is 9.03. The van der Waals surface area contributed by atoms with Crippen molar-refractivity contribution in [1.29, 1.82) is 0 Å². The number of pyridine rings is 1. The summed E-state index contributed by atoms with van der Waals surface area (Å²) >= 11 is 0. The Labute approximate surface area is 226 Å². The van der Waals surface area contributed by atoms with Gasteiger partial charge in [-0.15, -0.1) is 0 Å². The van der Waals surface area contributed by atoms with Crippen molar-refractivity contribution in [3.05, 3.63) is 145 Å². The number of allylic oxidation sites excluding steroid dienone is 1. The lowest BCUT2D eigenvalue weighted by Crippen LogP contribution is -2.38. The molecule has 0 radical (unpaired) electrons. The molecule has 0 N–H and O–H groups in total. The van der Waals surface area contributed by atoms with Gasteiger partial charge in [0.25, 0.3) is 0 Å². The monoisotopic (exact) mass is 525 g/mol. The highest BCUT2D eigenvalue weighted by atomic mass is 19.5. The third-order valence-corrected chi connectivity index (χ3v) is 6.05. The van der Waals surface area contributed by atoms with E-state index in [1.165, 1.54) is 44.8 Å². The van der Waals surface area contributed by atoms with Crippen LogP contribution in [0.1, 0.15) is 11.1 Å². The topological polar surface area (TPSA) is 3.88 Å². The van der Waals surface area contributed by atoms with Gasteiger partial charge in [0.15, 0.2) is 6.54 Å². The second-order valence-electron chi connectivity index (χ2n) is 9.03. The van der Waals surface area contributed by atoms with Gasteiger partial charge in [-0.3, -0.25) is 0 Å². The fourth-order valence-corrected chi connectivity index (χ4v) is 4.38. The first-order valence-electron chi connectivity index (χ1n) is 12.6. The summed E-state index contributed by atoms with van der Waals surface area (Å²) < 4.78 is 41.4. The van der Waals surface area contributed by atoms with Crippen LogP contribution in [0.4, 0.5) is 17.3 Å². The lowest BCUT2D eigenvalue weighted by molar-refractivity contribution is -0.665. The van der Waals surface area contributed by atoms with Gasteiger partial charge in [-0.1, -0.05) is 103 Å². The molecule has 0 unspecified atom stereocenters. The molecular weight excluding hydrogens is 497 g/mol. The summed E-state index contributed by atoms with van der Waals surface area (Å²) in [6.45, 7) is 2.91. The maximum Gasteiger partial charge on any atom is 0.673 e. The first kappa shape index (κ1) is 27.6. The normalized spacial score (nSPS) is 11.2. The van der Waals surface area contributed by atoms with E-state index in [4.69, 9.17) is 0 Å². The minimum Gasteiger partial charge on any atom is -0.418 e. The van der Waals surface area contributed by atoms with Crippen LogP contribution in [0.15, 0.2) is 133 Å². The molecule has 0 saturated heterocycles. The van der Waals surface area contributed by atoms with E-state index in [1.807, 2.05) is 0 Å². The van der Waals surface area contributed by atoms with Crippen molar-refractivity contribution in [2.45, 2.75) is 13.5 Å². The summed E-state index contributed by atoms with van der Waals surface area (Å²) in [7, 11) is -6.00. The summed E-state index contributed by atoms with van der Waals surface area (Å²) in [4.78, 5) is 0. The molecular formula is C33H28BF4N. The van der Waals surface area contributed by atoms with Gasteiger partial charge in [0.1, 0.15) is 0 Å². The van der Waals surface area contributed by atoms with Crippen LogP contribution >= 0.6 is 0 Å². The van der Waals surface area contributed by atoms with Gasteiger partial charge in [0.2, 0.25) is 11.4 Å². The molecule has 0 saturated carbocycles. The molecule has 0 fully saturated rings. The molecule has 5 rings (SSSR count). The summed E-state index contributed by atoms with van der Waals surface area (Å²) in [5.74, 6) is 0. The van der Waals surface area contributed by atoms with E-state index in [0.717, 1.165) is 6.54 Å². The summed E-state index contributed by atoms with van der Waals surface area (Å²) in [6, 6.07) is 45.3. The van der Waals surface area contributed by atoms with Crippen molar-refractivity contribution in [3.63, 3.8) is 0 Å². The molecule has 1 aromatic heterocycles. The molecule has 0 atom stereocenters. The zero-order chi connectivity index (χ0) is 27.7. The zero-order valence-electron chi connectivity index (χ0n) is 21.5. The van der Waals surface area contributed by atoms with Crippen LogP contribution < -0.4 is 4.57 Å². The average molecular weight is 525 g/mol. The molecule has 5 aromatic rings. The molecule has 0 bridgehead atoms. The zero-order valence-corrected chi connectivity index (χ0v) is 21.5. The predicted molar refractivity (Wildman–Crippen MR) is 153 cm³/mol. The highest BCUT2D eigenvalue weighted by molar-refractivity contribution is 6.50. The van der Waals surface area contributed by atoms with Crippen LogP contribution in [0.3, 0.4) is 0 Å². The maximum absolute atomic E-state index is 9.75. The Kier molecular flexibility index (Phi) is 9.11. The lowest BCUT2D eigenvalue weighted by atomic mass is 9.99. The molecule has 4 aromatic carbocycles. The number of benzene rings is 4. The Balaban J connectivity index is 0.000000648. The highest BCUT2D eigenvalue weighted by Gasteiger charge is 2.22. The third-order valence-electron chi connectivity index (χ3n) is 6.05. The number of hydrogen-bond acceptors (Lipinski definition) is 0. The fourth-order valence-electron chi connectivity index (χ4n) is 4.38. The second kappa shape index (κ2) is 12.9. The van der Waals surface area contributed by atoms with Crippen molar-refractivity contribution in [2.75, 3.05) is 0 Å². The molecule has 0 aliphatic carbocycles. The van der Waals surface area contributed by atoms with Gasteiger partial charge < -0.3 is 17.3 Å². The van der Waals surface area contributed by atoms with E-state index in [1.54, 1.807) is 0 Å². The Hall–Kier alpha value is -4.45. The van der Waals surface area contributed by atoms with Gasteiger partial charge in [-0.05, 0) is 54.0 Å². The molecule has 1 nitrogen and oxygen atoms in total. The van der Waals surface area contributed by atoms with Gasteiger partial charge in [0, 0.05) is 23.3 Å². The third kappa shape index (κ3) is 8.27. The van der Waals surface area contributed by atoms with Crippen molar-refractivity contribution >= 4 is 13.3 Å². The number of aromatic nitrogens is 1. The first-order valence-corrected chi connectivity index (χ1v) is 12.6. The van der Waals surface area contributed by atoms with E-state index in [2.05, 4.69) is 151 Å². The van der Waals surface area contributed by atoms with Crippen molar-refractivity contribution in [3.8, 4) is 33.6 Å². The van der Waals surface area contributed by atoms with E-state index in [-0.39, 0.29) is 0 Å². The Bertz CT molecular complexity index is 1450. The predicted octanol–water partition coefficient (Wildman–Crippen LogP) is 9.30. The average Bonchev–Trinajstić information content (AvgIpc) is 2.93. The first-order chi connectivity index (χ1) is 18.8. The van der Waals surface area contributed by atoms with E-state index in [9.17, 15) is 17.3 Å². The summed E-state index contributed by atoms with van der Waals surface area (Å²) in [5.41, 5.74) is 9.77. The van der Waals surface area contributed by atoms with Gasteiger partial charge >= 0.3 is 7.25 Å². The number of halogens is 4. The molecule has 196 valence electrons. The molecule has 0 amide bonds.